The quantitative estimate of drug-likeness (QED) is 0.156. The number of thiol groups is 1. The van der Waals surface area contributed by atoms with Crippen molar-refractivity contribution in [1.29, 1.82) is 0 Å². The van der Waals surface area contributed by atoms with Gasteiger partial charge < -0.3 is 14.6 Å². The molecule has 0 aliphatic carbocycles. The molecule has 0 saturated heterocycles. The number of amides is 1. The molecule has 5 aromatic rings. The normalized spacial score (nSPS) is 11.9. The fraction of sp³-hybridized carbons (Fsp3) is 0.229. The van der Waals surface area contributed by atoms with Gasteiger partial charge in [0.05, 0.1) is 16.6 Å². The van der Waals surface area contributed by atoms with Gasteiger partial charge in [-0.2, -0.15) is 12.6 Å². The summed E-state index contributed by atoms with van der Waals surface area (Å²) in [6, 6.07) is 26.0. The Hall–Kier alpha value is -4.07. The molecule has 0 bridgehead atoms. The van der Waals surface area contributed by atoms with Crippen LogP contribution >= 0.6 is 24.2 Å². The minimum absolute atomic E-state index is 0.111. The molecule has 0 aliphatic rings. The summed E-state index contributed by atoms with van der Waals surface area (Å²) in [7, 11) is 0. The standard InChI is InChI=1S/C35H34ClN3O3S/c1-4-7-32-37-33-22(2)18-26(34(40)39(23(3)21-43)28-16-14-27(36)15-17-28)19-31(33)38(32)20-24-10-12-25(13-11-24)29-8-5-6-9-30(29)35(41)42/h5-6,8-19,23,43H,4,7,20-21H2,1-3H3,(H,41,42). The van der Waals surface area contributed by atoms with Crippen LogP contribution in [0.2, 0.25) is 5.02 Å². The van der Waals surface area contributed by atoms with Crippen LogP contribution in [0, 0.1) is 6.92 Å². The molecule has 0 saturated carbocycles. The number of aromatic nitrogens is 2. The fourth-order valence-electron chi connectivity index (χ4n) is 5.44. The number of carboxylic acids is 1. The molecule has 8 heteroatoms. The number of carbonyl (C=O) groups is 2. The summed E-state index contributed by atoms with van der Waals surface area (Å²) in [5, 5.41) is 10.2. The van der Waals surface area contributed by atoms with Gasteiger partial charge in [-0.15, -0.1) is 0 Å². The van der Waals surface area contributed by atoms with Crippen LogP contribution in [-0.4, -0.2) is 38.3 Å². The number of imidazole rings is 1. The lowest BCUT2D eigenvalue weighted by molar-refractivity contribution is 0.0697. The number of aromatic carboxylic acids is 1. The van der Waals surface area contributed by atoms with Gasteiger partial charge in [-0.25, -0.2) is 9.78 Å². The van der Waals surface area contributed by atoms with E-state index in [1.54, 1.807) is 29.2 Å². The minimum Gasteiger partial charge on any atom is -0.478 e. The van der Waals surface area contributed by atoms with Gasteiger partial charge in [-0.1, -0.05) is 61.0 Å². The summed E-state index contributed by atoms with van der Waals surface area (Å²) < 4.78 is 2.19. The van der Waals surface area contributed by atoms with Gasteiger partial charge in [0.2, 0.25) is 0 Å². The largest absolute Gasteiger partial charge is 0.478 e. The van der Waals surface area contributed by atoms with Crippen molar-refractivity contribution in [3.8, 4) is 11.1 Å². The van der Waals surface area contributed by atoms with Crippen molar-refractivity contribution in [2.45, 2.75) is 46.2 Å². The van der Waals surface area contributed by atoms with Crippen LogP contribution in [0.3, 0.4) is 0 Å². The number of nitrogens with zero attached hydrogens (tertiary/aromatic N) is 3. The lowest BCUT2D eigenvalue weighted by Gasteiger charge is -2.29. The van der Waals surface area contributed by atoms with E-state index >= 15 is 0 Å². The monoisotopic (exact) mass is 611 g/mol. The van der Waals surface area contributed by atoms with Crippen LogP contribution < -0.4 is 4.90 Å². The number of rotatable bonds is 10. The lowest BCUT2D eigenvalue weighted by atomic mass is 9.98. The summed E-state index contributed by atoms with van der Waals surface area (Å²) in [5.41, 5.74) is 6.91. The Morgan fingerprint density at radius 1 is 1.02 bits per heavy atom. The van der Waals surface area contributed by atoms with E-state index < -0.39 is 5.97 Å². The van der Waals surface area contributed by atoms with Crippen LogP contribution in [-0.2, 0) is 13.0 Å². The highest BCUT2D eigenvalue weighted by molar-refractivity contribution is 7.80. The Bertz CT molecular complexity index is 1780. The number of hydrogen-bond acceptors (Lipinski definition) is 4. The maximum Gasteiger partial charge on any atom is 0.336 e. The van der Waals surface area contributed by atoms with Crippen molar-refractivity contribution in [2.75, 3.05) is 10.7 Å². The lowest BCUT2D eigenvalue weighted by Crippen LogP contribution is -2.40. The van der Waals surface area contributed by atoms with E-state index in [2.05, 4.69) is 24.1 Å². The summed E-state index contributed by atoms with van der Waals surface area (Å²) in [6.07, 6.45) is 1.73. The molecule has 1 N–H and O–H groups in total. The van der Waals surface area contributed by atoms with Crippen LogP contribution in [0.5, 0.6) is 0 Å². The number of halogens is 1. The van der Waals surface area contributed by atoms with Gasteiger partial charge in [0.25, 0.3) is 5.91 Å². The van der Waals surface area contributed by atoms with E-state index in [-0.39, 0.29) is 17.5 Å². The minimum atomic E-state index is -0.951. The molecular formula is C35H34ClN3O3S. The van der Waals surface area contributed by atoms with Gasteiger partial charge in [0.15, 0.2) is 0 Å². The van der Waals surface area contributed by atoms with Crippen molar-refractivity contribution in [3.63, 3.8) is 0 Å². The Balaban J connectivity index is 1.54. The average Bonchev–Trinajstić information content (AvgIpc) is 3.35. The molecule has 0 fully saturated rings. The first kappa shape index (κ1) is 30.4. The first-order valence-electron chi connectivity index (χ1n) is 14.3. The van der Waals surface area contributed by atoms with Crippen molar-refractivity contribution in [1.82, 2.24) is 9.55 Å². The number of carboxylic acid groups (broad SMARTS) is 1. The Morgan fingerprint density at radius 3 is 2.37 bits per heavy atom. The molecule has 1 aromatic heterocycles. The zero-order valence-corrected chi connectivity index (χ0v) is 26.1. The number of fused-ring (bicyclic) bond motifs is 1. The predicted molar refractivity (Wildman–Crippen MR) is 178 cm³/mol. The van der Waals surface area contributed by atoms with Crippen molar-refractivity contribution in [3.05, 3.63) is 118 Å². The molecule has 1 atom stereocenters. The van der Waals surface area contributed by atoms with Crippen LogP contribution in [0.4, 0.5) is 5.69 Å². The van der Waals surface area contributed by atoms with Crippen molar-refractivity contribution >= 4 is 52.8 Å². The summed E-state index contributed by atoms with van der Waals surface area (Å²) in [5.74, 6) is 0.401. The maximum atomic E-state index is 14.1. The summed E-state index contributed by atoms with van der Waals surface area (Å²) >= 11 is 10.6. The number of benzene rings is 4. The number of carbonyl (C=O) groups excluding carboxylic acids is 1. The molecule has 1 amide bonds. The van der Waals surface area contributed by atoms with Crippen molar-refractivity contribution in [2.24, 2.45) is 0 Å². The summed E-state index contributed by atoms with van der Waals surface area (Å²) in [6.45, 7) is 6.67. The second-order valence-corrected chi connectivity index (χ2v) is 11.6. The number of aryl methyl sites for hydroxylation is 2. The van der Waals surface area contributed by atoms with Crippen molar-refractivity contribution < 1.29 is 14.7 Å². The zero-order chi connectivity index (χ0) is 30.7. The first-order valence-corrected chi connectivity index (χ1v) is 15.3. The fourth-order valence-corrected chi connectivity index (χ4v) is 5.73. The van der Waals surface area contributed by atoms with Crippen LogP contribution in [0.25, 0.3) is 22.2 Å². The van der Waals surface area contributed by atoms with E-state index in [0.29, 0.717) is 28.4 Å². The summed E-state index contributed by atoms with van der Waals surface area (Å²) in [4.78, 5) is 32.6. The van der Waals surface area contributed by atoms with E-state index in [9.17, 15) is 14.7 Å². The first-order chi connectivity index (χ1) is 20.7. The highest BCUT2D eigenvalue weighted by Crippen LogP contribution is 2.29. The molecule has 0 spiro atoms. The van der Waals surface area contributed by atoms with E-state index in [0.717, 1.165) is 52.1 Å². The average molecular weight is 612 g/mol. The molecule has 0 aliphatic heterocycles. The van der Waals surface area contributed by atoms with Gasteiger partial charge in [0.1, 0.15) is 5.82 Å². The van der Waals surface area contributed by atoms with E-state index in [4.69, 9.17) is 16.6 Å². The molecule has 0 radical (unpaired) electrons. The molecule has 6 nitrogen and oxygen atoms in total. The third kappa shape index (κ3) is 6.33. The third-order valence-corrected chi connectivity index (χ3v) is 8.42. The third-order valence-electron chi connectivity index (χ3n) is 7.64. The maximum absolute atomic E-state index is 14.1. The van der Waals surface area contributed by atoms with Crippen LogP contribution in [0.1, 0.15) is 57.9 Å². The second kappa shape index (κ2) is 13.1. The van der Waals surface area contributed by atoms with Gasteiger partial charge in [-0.05, 0) is 85.0 Å². The predicted octanol–water partition coefficient (Wildman–Crippen LogP) is 8.33. The van der Waals surface area contributed by atoms with Crippen LogP contribution in [0.15, 0.2) is 84.9 Å². The second-order valence-electron chi connectivity index (χ2n) is 10.8. The molecule has 1 heterocycles. The topological polar surface area (TPSA) is 75.4 Å². The Morgan fingerprint density at radius 2 is 1.72 bits per heavy atom. The van der Waals surface area contributed by atoms with Gasteiger partial charge in [0, 0.05) is 41.0 Å². The smallest absolute Gasteiger partial charge is 0.336 e. The highest BCUT2D eigenvalue weighted by atomic mass is 35.5. The molecule has 4 aromatic carbocycles. The Labute approximate surface area is 262 Å². The van der Waals surface area contributed by atoms with E-state index in [1.807, 2.05) is 74.5 Å². The zero-order valence-electron chi connectivity index (χ0n) is 24.4. The molecule has 220 valence electrons. The SMILES string of the molecule is CCCc1nc2c(C)cc(C(=O)N(c3ccc(Cl)cc3)C(C)CS)cc2n1Cc1ccc(-c2ccccc2C(=O)O)cc1. The molecule has 5 rings (SSSR count). The molecular weight excluding hydrogens is 578 g/mol. The molecule has 43 heavy (non-hydrogen) atoms. The van der Waals surface area contributed by atoms with E-state index in [1.165, 1.54) is 0 Å². The number of hydrogen-bond donors (Lipinski definition) is 2. The number of anilines is 1. The Kier molecular flexibility index (Phi) is 9.23. The van der Waals surface area contributed by atoms with Gasteiger partial charge in [-0.3, -0.25) is 4.79 Å². The molecule has 1 unspecified atom stereocenters. The van der Waals surface area contributed by atoms with Gasteiger partial charge >= 0.3 is 5.97 Å². The highest BCUT2D eigenvalue weighted by Gasteiger charge is 2.25.